The van der Waals surface area contributed by atoms with Crippen molar-refractivity contribution < 1.29 is 4.79 Å². The first-order valence-electron chi connectivity index (χ1n) is 7.99. The summed E-state index contributed by atoms with van der Waals surface area (Å²) in [5.74, 6) is 2.20. The molecule has 1 aromatic heterocycles. The molecule has 0 aromatic carbocycles. The van der Waals surface area contributed by atoms with Crippen molar-refractivity contribution in [2.24, 2.45) is 22.7 Å². The van der Waals surface area contributed by atoms with Gasteiger partial charge in [-0.25, -0.2) is 4.98 Å². The summed E-state index contributed by atoms with van der Waals surface area (Å²) < 4.78 is 0. The van der Waals surface area contributed by atoms with E-state index in [-0.39, 0.29) is 11.3 Å². The summed E-state index contributed by atoms with van der Waals surface area (Å²) >= 11 is 0. The lowest BCUT2D eigenvalue weighted by Crippen LogP contribution is -2.55. The normalized spacial score (nSPS) is 40.2. The van der Waals surface area contributed by atoms with E-state index in [1.807, 2.05) is 6.07 Å². The monoisotopic (exact) mass is 285 g/mol. The zero-order valence-corrected chi connectivity index (χ0v) is 12.6. The molecule has 1 heterocycles. The van der Waals surface area contributed by atoms with Crippen LogP contribution in [0.25, 0.3) is 0 Å². The number of carbonyl (C=O) groups excluding carboxylic acids is 1. The second-order valence-electron chi connectivity index (χ2n) is 7.98. The Labute approximate surface area is 125 Å². The Kier molecular flexibility index (Phi) is 2.63. The van der Waals surface area contributed by atoms with Crippen LogP contribution in [0, 0.1) is 22.7 Å². The van der Waals surface area contributed by atoms with E-state index in [1.54, 1.807) is 12.3 Å². The summed E-state index contributed by atoms with van der Waals surface area (Å²) in [7, 11) is 0. The highest BCUT2D eigenvalue weighted by Gasteiger charge is 2.58. The quantitative estimate of drug-likeness (QED) is 0.876. The maximum absolute atomic E-state index is 12.9. The number of nitrogens with one attached hydrogen (secondary N) is 1. The van der Waals surface area contributed by atoms with Crippen LogP contribution in [0.5, 0.6) is 0 Å². The first kappa shape index (κ1) is 13.1. The van der Waals surface area contributed by atoms with Crippen LogP contribution < -0.4 is 11.1 Å². The Morgan fingerprint density at radius 1 is 1.29 bits per heavy atom. The Morgan fingerprint density at radius 2 is 2.00 bits per heavy atom. The summed E-state index contributed by atoms with van der Waals surface area (Å²) in [6, 6.07) is 3.57. The van der Waals surface area contributed by atoms with Crippen molar-refractivity contribution in [3.63, 3.8) is 0 Å². The van der Waals surface area contributed by atoms with Crippen LogP contribution in [0.2, 0.25) is 0 Å². The Hall–Kier alpha value is -1.58. The summed E-state index contributed by atoms with van der Waals surface area (Å²) in [4.78, 5) is 17.0. The topological polar surface area (TPSA) is 68.0 Å². The molecule has 3 N–H and O–H groups in total. The van der Waals surface area contributed by atoms with Crippen molar-refractivity contribution in [3.05, 3.63) is 18.3 Å². The molecule has 0 aliphatic heterocycles. The van der Waals surface area contributed by atoms with Gasteiger partial charge in [0.05, 0.1) is 17.3 Å². The molecule has 2 atom stereocenters. The number of amides is 1. The molecule has 4 aliphatic carbocycles. The summed E-state index contributed by atoms with van der Waals surface area (Å²) in [5.41, 5.74) is 6.61. The van der Waals surface area contributed by atoms with Crippen LogP contribution in [0.3, 0.4) is 0 Å². The third-order valence-electron chi connectivity index (χ3n) is 5.88. The van der Waals surface area contributed by atoms with Gasteiger partial charge in [-0.1, -0.05) is 6.92 Å². The van der Waals surface area contributed by atoms with Crippen LogP contribution in [-0.2, 0) is 4.79 Å². The average Bonchev–Trinajstić information content (AvgIpc) is 2.38. The molecule has 4 nitrogen and oxygen atoms in total. The first-order valence-corrected chi connectivity index (χ1v) is 7.99. The number of hydrogen-bond donors (Lipinski definition) is 2. The number of nitrogens with two attached hydrogens (primary N) is 1. The predicted octanol–water partition coefficient (Wildman–Crippen LogP) is 3.21. The molecule has 4 bridgehead atoms. The number of pyridine rings is 1. The number of hydrogen-bond acceptors (Lipinski definition) is 3. The van der Waals surface area contributed by atoms with Gasteiger partial charge in [-0.2, -0.15) is 0 Å². The molecule has 0 radical (unpaired) electrons. The highest BCUT2D eigenvalue weighted by molar-refractivity contribution is 5.95. The zero-order valence-electron chi connectivity index (χ0n) is 12.6. The standard InChI is InChI=1S/C17H23N3O/c1-16-5-11-4-12(6-16)8-17(7-11,10-16)15(21)20-13-2-3-14(18)19-9-13/h2-3,9,11-12H,4-8,10H2,1H3,(H2,18,19)(H,20,21). The molecule has 21 heavy (non-hydrogen) atoms. The van der Waals surface area contributed by atoms with Crippen molar-refractivity contribution in [1.82, 2.24) is 4.98 Å². The molecule has 1 amide bonds. The van der Waals surface area contributed by atoms with Crippen molar-refractivity contribution in [1.29, 1.82) is 0 Å². The molecule has 4 aliphatic rings. The minimum Gasteiger partial charge on any atom is -0.384 e. The number of anilines is 2. The number of carbonyl (C=O) groups is 1. The number of rotatable bonds is 2. The molecule has 5 rings (SSSR count). The van der Waals surface area contributed by atoms with Gasteiger partial charge in [0.15, 0.2) is 0 Å². The van der Waals surface area contributed by atoms with Gasteiger partial charge in [-0.15, -0.1) is 0 Å². The van der Waals surface area contributed by atoms with Crippen molar-refractivity contribution in [2.75, 3.05) is 11.1 Å². The molecule has 4 heteroatoms. The summed E-state index contributed by atoms with van der Waals surface area (Å²) in [6.07, 6.45) is 8.84. The SMILES string of the molecule is CC12CC3CC(C1)CC(C(=O)Nc1ccc(N)nc1)(C3)C2. The lowest BCUT2D eigenvalue weighted by molar-refractivity contribution is -0.149. The van der Waals surface area contributed by atoms with E-state index in [0.29, 0.717) is 11.2 Å². The third-order valence-corrected chi connectivity index (χ3v) is 5.88. The Morgan fingerprint density at radius 3 is 2.57 bits per heavy atom. The van der Waals surface area contributed by atoms with Crippen LogP contribution >= 0.6 is 0 Å². The fraction of sp³-hybridized carbons (Fsp3) is 0.647. The van der Waals surface area contributed by atoms with Gasteiger partial charge in [0.1, 0.15) is 5.82 Å². The van der Waals surface area contributed by atoms with E-state index < -0.39 is 0 Å². The molecule has 1 aromatic rings. The molecule has 4 fully saturated rings. The minimum atomic E-state index is -0.139. The molecule has 112 valence electrons. The second kappa shape index (κ2) is 4.21. The lowest BCUT2D eigenvalue weighted by atomic mass is 9.44. The Balaban J connectivity index is 1.57. The van der Waals surface area contributed by atoms with Crippen LogP contribution in [-0.4, -0.2) is 10.9 Å². The van der Waals surface area contributed by atoms with E-state index in [2.05, 4.69) is 17.2 Å². The number of nitrogens with zero attached hydrogens (tertiary/aromatic N) is 1. The molecular weight excluding hydrogens is 262 g/mol. The van der Waals surface area contributed by atoms with Gasteiger partial charge in [-0.3, -0.25) is 4.79 Å². The van der Waals surface area contributed by atoms with Gasteiger partial charge in [0, 0.05) is 0 Å². The maximum atomic E-state index is 12.9. The molecule has 2 unspecified atom stereocenters. The smallest absolute Gasteiger partial charge is 0.230 e. The average molecular weight is 285 g/mol. The fourth-order valence-corrected chi connectivity index (χ4v) is 5.73. The first-order chi connectivity index (χ1) is 9.96. The van der Waals surface area contributed by atoms with Gasteiger partial charge in [0.25, 0.3) is 0 Å². The molecule has 4 saturated carbocycles. The number of nitrogen functional groups attached to an aromatic ring is 1. The molecule has 0 saturated heterocycles. The predicted molar refractivity (Wildman–Crippen MR) is 82.5 cm³/mol. The van der Waals surface area contributed by atoms with Crippen LogP contribution in [0.1, 0.15) is 45.4 Å². The fourth-order valence-electron chi connectivity index (χ4n) is 5.73. The van der Waals surface area contributed by atoms with Gasteiger partial charge in [-0.05, 0) is 67.9 Å². The maximum Gasteiger partial charge on any atom is 0.230 e. The van der Waals surface area contributed by atoms with E-state index in [0.717, 1.165) is 36.8 Å². The molecular formula is C17H23N3O. The summed E-state index contributed by atoms with van der Waals surface area (Å²) in [5, 5.41) is 3.09. The van der Waals surface area contributed by atoms with E-state index in [4.69, 9.17) is 5.73 Å². The zero-order chi connectivity index (χ0) is 14.7. The van der Waals surface area contributed by atoms with Crippen molar-refractivity contribution >= 4 is 17.4 Å². The van der Waals surface area contributed by atoms with Gasteiger partial charge in [0.2, 0.25) is 5.91 Å². The Bertz CT molecular complexity index is 566. The highest BCUT2D eigenvalue weighted by Crippen LogP contribution is 2.65. The van der Waals surface area contributed by atoms with Crippen molar-refractivity contribution in [3.8, 4) is 0 Å². The highest BCUT2D eigenvalue weighted by atomic mass is 16.2. The van der Waals surface area contributed by atoms with E-state index in [9.17, 15) is 4.79 Å². The van der Waals surface area contributed by atoms with Gasteiger partial charge >= 0.3 is 0 Å². The number of aromatic nitrogens is 1. The van der Waals surface area contributed by atoms with Crippen LogP contribution in [0.15, 0.2) is 18.3 Å². The third kappa shape index (κ3) is 2.12. The summed E-state index contributed by atoms with van der Waals surface area (Å²) in [6.45, 7) is 2.39. The van der Waals surface area contributed by atoms with Gasteiger partial charge < -0.3 is 11.1 Å². The minimum absolute atomic E-state index is 0.139. The van der Waals surface area contributed by atoms with E-state index in [1.165, 1.54) is 19.3 Å². The van der Waals surface area contributed by atoms with E-state index >= 15 is 0 Å². The lowest BCUT2D eigenvalue weighted by Gasteiger charge is -2.60. The van der Waals surface area contributed by atoms with Crippen LogP contribution in [0.4, 0.5) is 11.5 Å². The molecule has 0 spiro atoms. The van der Waals surface area contributed by atoms with Crippen molar-refractivity contribution in [2.45, 2.75) is 45.4 Å². The second-order valence-corrected chi connectivity index (χ2v) is 7.98. The largest absolute Gasteiger partial charge is 0.384 e.